The van der Waals surface area contributed by atoms with Gasteiger partial charge in [0.15, 0.2) is 0 Å². The minimum atomic E-state index is 0.283. The number of rotatable bonds is 0. The Morgan fingerprint density at radius 3 is 2.45 bits per heavy atom. The van der Waals surface area contributed by atoms with Crippen molar-refractivity contribution in [3.05, 3.63) is 0 Å². The van der Waals surface area contributed by atoms with Crippen molar-refractivity contribution in [2.24, 2.45) is 11.3 Å². The maximum atomic E-state index is 5.93. The van der Waals surface area contributed by atoms with Crippen LogP contribution in [0.1, 0.15) is 40.0 Å². The fraction of sp³-hybridized carbons (Fsp3) is 1.00. The average Bonchev–Trinajstić information content (AvgIpc) is 2.57. The van der Waals surface area contributed by atoms with Crippen molar-refractivity contribution in [3.63, 3.8) is 0 Å². The molecule has 11 heavy (non-hydrogen) atoms. The van der Waals surface area contributed by atoms with E-state index in [4.69, 9.17) is 4.74 Å². The molecule has 0 aromatic carbocycles. The molecule has 1 aliphatic heterocycles. The smallest absolute Gasteiger partial charge is 0.103 e. The minimum absolute atomic E-state index is 0.283. The maximum absolute atomic E-state index is 5.93. The van der Waals surface area contributed by atoms with Gasteiger partial charge in [0.05, 0.1) is 5.60 Å². The van der Waals surface area contributed by atoms with E-state index in [1.54, 1.807) is 0 Å². The molecule has 3 saturated carbocycles. The van der Waals surface area contributed by atoms with Crippen LogP contribution in [0.3, 0.4) is 0 Å². The SMILES string of the molecule is CC12CCC3CC1(O2)C3(C)C. The van der Waals surface area contributed by atoms with E-state index in [2.05, 4.69) is 20.8 Å². The second-order valence-electron chi connectivity index (χ2n) is 5.32. The standard InChI is InChI=1S/C10H16O/c1-8(2)7-4-5-9(3)10(8,6-7)11-9/h7H,4-6H2,1-3H3. The van der Waals surface area contributed by atoms with Crippen LogP contribution in [-0.4, -0.2) is 11.2 Å². The maximum Gasteiger partial charge on any atom is 0.103 e. The van der Waals surface area contributed by atoms with Crippen molar-refractivity contribution in [3.8, 4) is 0 Å². The van der Waals surface area contributed by atoms with Crippen molar-refractivity contribution < 1.29 is 4.74 Å². The first kappa shape index (κ1) is 6.47. The van der Waals surface area contributed by atoms with Crippen LogP contribution in [0.25, 0.3) is 0 Å². The van der Waals surface area contributed by atoms with Crippen molar-refractivity contribution >= 4 is 0 Å². The number of hydrogen-bond acceptors (Lipinski definition) is 1. The van der Waals surface area contributed by atoms with Crippen molar-refractivity contribution in [1.29, 1.82) is 0 Å². The predicted molar refractivity (Wildman–Crippen MR) is 43.3 cm³/mol. The molecular formula is C10H16O. The Bertz CT molecular complexity index is 229. The van der Waals surface area contributed by atoms with E-state index < -0.39 is 0 Å². The molecule has 3 atom stereocenters. The molecule has 0 aromatic heterocycles. The van der Waals surface area contributed by atoms with Gasteiger partial charge >= 0.3 is 0 Å². The van der Waals surface area contributed by atoms with Crippen molar-refractivity contribution in [2.45, 2.75) is 51.2 Å². The largest absolute Gasteiger partial charge is 0.362 e. The van der Waals surface area contributed by atoms with Crippen molar-refractivity contribution in [1.82, 2.24) is 0 Å². The highest BCUT2D eigenvalue weighted by Gasteiger charge is 2.83. The predicted octanol–water partition coefficient (Wildman–Crippen LogP) is 2.35. The fourth-order valence-corrected chi connectivity index (χ4v) is 3.66. The zero-order valence-electron chi connectivity index (χ0n) is 7.61. The lowest BCUT2D eigenvalue weighted by Gasteiger charge is -2.55. The van der Waals surface area contributed by atoms with E-state index in [0.717, 1.165) is 5.92 Å². The summed E-state index contributed by atoms with van der Waals surface area (Å²) >= 11 is 0. The van der Waals surface area contributed by atoms with Gasteiger partial charge in [-0.1, -0.05) is 13.8 Å². The molecule has 3 unspecified atom stereocenters. The van der Waals surface area contributed by atoms with Crippen LogP contribution in [-0.2, 0) is 4.74 Å². The van der Waals surface area contributed by atoms with Gasteiger partial charge in [0, 0.05) is 0 Å². The summed E-state index contributed by atoms with van der Waals surface area (Å²) in [6, 6.07) is 0. The number of hydrogen-bond donors (Lipinski definition) is 0. The Labute approximate surface area is 68.1 Å². The minimum Gasteiger partial charge on any atom is -0.362 e. The molecule has 0 N–H and O–H groups in total. The van der Waals surface area contributed by atoms with Gasteiger partial charge in [-0.15, -0.1) is 0 Å². The Balaban J connectivity index is 2.05. The zero-order chi connectivity index (χ0) is 7.91. The lowest BCUT2D eigenvalue weighted by atomic mass is 9.45. The van der Waals surface area contributed by atoms with Crippen LogP contribution < -0.4 is 0 Å². The van der Waals surface area contributed by atoms with Gasteiger partial charge < -0.3 is 4.74 Å². The third kappa shape index (κ3) is 0.416. The summed E-state index contributed by atoms with van der Waals surface area (Å²) in [5, 5.41) is 0. The summed E-state index contributed by atoms with van der Waals surface area (Å²) in [6.07, 6.45) is 4.04. The summed E-state index contributed by atoms with van der Waals surface area (Å²) in [5.41, 5.74) is 1.09. The van der Waals surface area contributed by atoms with E-state index in [9.17, 15) is 0 Å². The van der Waals surface area contributed by atoms with Crippen LogP contribution in [0.5, 0.6) is 0 Å². The highest BCUT2D eigenvalue weighted by Crippen LogP contribution is 2.77. The molecule has 4 rings (SSSR count). The van der Waals surface area contributed by atoms with Crippen LogP contribution >= 0.6 is 0 Å². The number of epoxide rings is 1. The highest BCUT2D eigenvalue weighted by atomic mass is 16.6. The first-order valence-corrected chi connectivity index (χ1v) is 4.72. The molecular weight excluding hydrogens is 136 g/mol. The molecule has 1 heterocycles. The second kappa shape index (κ2) is 1.28. The molecule has 1 nitrogen and oxygen atoms in total. The molecule has 4 fully saturated rings. The third-order valence-electron chi connectivity index (χ3n) is 4.78. The molecule has 0 aromatic rings. The molecule has 3 aliphatic carbocycles. The summed E-state index contributed by atoms with van der Waals surface area (Å²) in [7, 11) is 0. The summed E-state index contributed by atoms with van der Waals surface area (Å²) in [4.78, 5) is 0. The number of fused-ring (bicyclic) bond motifs is 1. The van der Waals surface area contributed by atoms with Crippen LogP contribution in [0.4, 0.5) is 0 Å². The normalized spacial score (nSPS) is 63.0. The molecule has 1 heteroatoms. The quantitative estimate of drug-likeness (QED) is 0.485. The Hall–Kier alpha value is -0.0400. The monoisotopic (exact) mass is 152 g/mol. The van der Waals surface area contributed by atoms with Gasteiger partial charge in [-0.2, -0.15) is 0 Å². The topological polar surface area (TPSA) is 12.5 Å². The average molecular weight is 152 g/mol. The first-order valence-electron chi connectivity index (χ1n) is 4.72. The van der Waals surface area contributed by atoms with Gasteiger partial charge in [0.1, 0.15) is 5.60 Å². The molecule has 2 bridgehead atoms. The zero-order valence-corrected chi connectivity index (χ0v) is 7.61. The van der Waals surface area contributed by atoms with Gasteiger partial charge in [-0.05, 0) is 37.5 Å². The Morgan fingerprint density at radius 1 is 1.27 bits per heavy atom. The Kier molecular flexibility index (Phi) is 0.755. The molecule has 62 valence electrons. The van der Waals surface area contributed by atoms with Crippen LogP contribution in [0.2, 0.25) is 0 Å². The van der Waals surface area contributed by atoms with Crippen LogP contribution in [0, 0.1) is 11.3 Å². The van der Waals surface area contributed by atoms with Crippen molar-refractivity contribution in [2.75, 3.05) is 0 Å². The van der Waals surface area contributed by atoms with Gasteiger partial charge in [0.2, 0.25) is 0 Å². The first-order chi connectivity index (χ1) is 5.02. The lowest BCUT2D eigenvalue weighted by Crippen LogP contribution is -2.59. The molecule has 1 saturated heterocycles. The van der Waals surface area contributed by atoms with Gasteiger partial charge in [0.25, 0.3) is 0 Å². The van der Waals surface area contributed by atoms with Gasteiger partial charge in [-0.3, -0.25) is 0 Å². The third-order valence-corrected chi connectivity index (χ3v) is 4.78. The molecule has 0 radical (unpaired) electrons. The lowest BCUT2D eigenvalue weighted by molar-refractivity contribution is -0.0654. The molecule has 1 spiro atoms. The fourth-order valence-electron chi connectivity index (χ4n) is 3.66. The van der Waals surface area contributed by atoms with E-state index in [0.29, 0.717) is 11.0 Å². The molecule has 0 amide bonds. The number of ether oxygens (including phenoxy) is 1. The summed E-state index contributed by atoms with van der Waals surface area (Å²) < 4.78 is 5.93. The van der Waals surface area contributed by atoms with Crippen LogP contribution in [0.15, 0.2) is 0 Å². The second-order valence-corrected chi connectivity index (χ2v) is 5.32. The van der Waals surface area contributed by atoms with E-state index >= 15 is 0 Å². The summed E-state index contributed by atoms with van der Waals surface area (Å²) in [6.45, 7) is 7.06. The van der Waals surface area contributed by atoms with E-state index in [1.807, 2.05) is 0 Å². The van der Waals surface area contributed by atoms with E-state index in [-0.39, 0.29) is 5.60 Å². The van der Waals surface area contributed by atoms with Gasteiger partial charge in [-0.25, -0.2) is 0 Å². The Morgan fingerprint density at radius 2 is 2.00 bits per heavy atom. The summed E-state index contributed by atoms with van der Waals surface area (Å²) in [5.74, 6) is 0.957. The van der Waals surface area contributed by atoms with E-state index in [1.165, 1.54) is 19.3 Å². The molecule has 4 aliphatic rings. The highest BCUT2D eigenvalue weighted by molar-refractivity contribution is 5.31.